The van der Waals surface area contributed by atoms with E-state index in [-0.39, 0.29) is 12.1 Å². The zero-order valence-corrected chi connectivity index (χ0v) is 15.4. The van der Waals surface area contributed by atoms with E-state index in [0.717, 1.165) is 11.4 Å². The van der Waals surface area contributed by atoms with Crippen LogP contribution >= 0.6 is 11.3 Å². The number of aromatic nitrogens is 1. The summed E-state index contributed by atoms with van der Waals surface area (Å²) in [5.41, 5.74) is 2.20. The van der Waals surface area contributed by atoms with E-state index >= 15 is 0 Å². The Hall–Kier alpha value is -2.12. The molecule has 6 nitrogen and oxygen atoms in total. The molecule has 0 saturated carbocycles. The number of urea groups is 1. The van der Waals surface area contributed by atoms with Crippen LogP contribution in [0.2, 0.25) is 0 Å². The summed E-state index contributed by atoms with van der Waals surface area (Å²) in [6.07, 6.45) is 1.75. The lowest BCUT2D eigenvalue weighted by atomic mass is 10.1. The molecule has 1 atom stereocenters. The predicted molar refractivity (Wildman–Crippen MR) is 99.5 cm³/mol. The fourth-order valence-corrected chi connectivity index (χ4v) is 3.17. The molecule has 0 fully saturated rings. The molecule has 2 heterocycles. The van der Waals surface area contributed by atoms with Crippen LogP contribution in [-0.4, -0.2) is 50.7 Å². The second kappa shape index (κ2) is 8.65. The SMILES string of the molecule is CN(C)c1ncccc1CNC(=O)NCC(c1ccsc1)N(C)C. The number of anilines is 1. The molecule has 0 aromatic carbocycles. The van der Waals surface area contributed by atoms with E-state index < -0.39 is 0 Å². The normalized spacial score (nSPS) is 12.0. The minimum absolute atomic E-state index is 0.165. The number of thiophene rings is 1. The van der Waals surface area contributed by atoms with Crippen LogP contribution in [0.15, 0.2) is 35.2 Å². The van der Waals surface area contributed by atoms with Crippen molar-refractivity contribution in [3.05, 3.63) is 46.3 Å². The molecule has 2 aromatic heterocycles. The molecular weight excluding hydrogens is 322 g/mol. The van der Waals surface area contributed by atoms with Crippen LogP contribution in [-0.2, 0) is 6.54 Å². The topological polar surface area (TPSA) is 60.5 Å². The number of likely N-dealkylation sites (N-methyl/N-ethyl adjacent to an activating group) is 1. The molecule has 2 N–H and O–H groups in total. The molecule has 2 aromatic rings. The molecule has 130 valence electrons. The van der Waals surface area contributed by atoms with Gasteiger partial charge < -0.3 is 20.4 Å². The lowest BCUT2D eigenvalue weighted by molar-refractivity contribution is 0.232. The van der Waals surface area contributed by atoms with Crippen molar-refractivity contribution in [2.45, 2.75) is 12.6 Å². The summed E-state index contributed by atoms with van der Waals surface area (Å²) in [5, 5.41) is 10.0. The number of carbonyl (C=O) groups excluding carboxylic acids is 1. The average Bonchev–Trinajstić information content (AvgIpc) is 3.07. The Morgan fingerprint density at radius 2 is 2.04 bits per heavy atom. The van der Waals surface area contributed by atoms with Gasteiger partial charge in [-0.25, -0.2) is 9.78 Å². The minimum Gasteiger partial charge on any atom is -0.362 e. The van der Waals surface area contributed by atoms with Crippen molar-refractivity contribution in [2.75, 3.05) is 39.6 Å². The summed E-state index contributed by atoms with van der Waals surface area (Å²) in [6.45, 7) is 1.00. The molecular formula is C17H25N5OS. The highest BCUT2D eigenvalue weighted by atomic mass is 32.1. The van der Waals surface area contributed by atoms with Gasteiger partial charge in [-0.05, 0) is 42.6 Å². The number of nitrogens with one attached hydrogen (secondary N) is 2. The monoisotopic (exact) mass is 347 g/mol. The van der Waals surface area contributed by atoms with E-state index in [0.29, 0.717) is 13.1 Å². The molecule has 0 aliphatic heterocycles. The van der Waals surface area contributed by atoms with Crippen molar-refractivity contribution < 1.29 is 4.79 Å². The van der Waals surface area contributed by atoms with Gasteiger partial charge in [0.25, 0.3) is 0 Å². The molecule has 0 spiro atoms. The standard InChI is InChI=1S/C17H25N5OS/c1-21(2)15(14-7-9-24-12-14)11-20-17(23)19-10-13-6-5-8-18-16(13)22(3)4/h5-9,12,15H,10-11H2,1-4H3,(H2,19,20,23). The number of hydrogen-bond acceptors (Lipinski definition) is 5. The second-order valence-electron chi connectivity index (χ2n) is 5.98. The summed E-state index contributed by atoms with van der Waals surface area (Å²) < 4.78 is 0. The van der Waals surface area contributed by atoms with Gasteiger partial charge in [0, 0.05) is 38.9 Å². The summed E-state index contributed by atoms with van der Waals surface area (Å²) in [5.74, 6) is 0.863. The third-order valence-corrected chi connectivity index (χ3v) is 4.44. The third kappa shape index (κ3) is 4.94. The Bertz CT molecular complexity index is 642. The smallest absolute Gasteiger partial charge is 0.315 e. The van der Waals surface area contributed by atoms with E-state index in [9.17, 15) is 4.79 Å². The Morgan fingerprint density at radius 1 is 1.25 bits per heavy atom. The molecule has 7 heteroatoms. The van der Waals surface area contributed by atoms with E-state index in [2.05, 4.69) is 37.3 Å². The maximum absolute atomic E-state index is 12.1. The van der Waals surface area contributed by atoms with Crippen LogP contribution < -0.4 is 15.5 Å². The first kappa shape index (κ1) is 18.2. The van der Waals surface area contributed by atoms with E-state index in [1.54, 1.807) is 17.5 Å². The first-order chi connectivity index (χ1) is 11.5. The van der Waals surface area contributed by atoms with Gasteiger partial charge in [-0.3, -0.25) is 0 Å². The first-order valence-corrected chi connectivity index (χ1v) is 8.74. The minimum atomic E-state index is -0.175. The molecule has 0 bridgehead atoms. The quantitative estimate of drug-likeness (QED) is 0.807. The Labute approximate surface area is 147 Å². The van der Waals surface area contributed by atoms with Crippen molar-refractivity contribution in [2.24, 2.45) is 0 Å². The highest BCUT2D eigenvalue weighted by Crippen LogP contribution is 2.20. The zero-order chi connectivity index (χ0) is 17.5. The van der Waals surface area contributed by atoms with Gasteiger partial charge >= 0.3 is 6.03 Å². The van der Waals surface area contributed by atoms with E-state index in [1.807, 2.05) is 45.2 Å². The van der Waals surface area contributed by atoms with Gasteiger partial charge in [0.2, 0.25) is 0 Å². The number of carbonyl (C=O) groups is 1. The third-order valence-electron chi connectivity index (χ3n) is 3.74. The van der Waals surface area contributed by atoms with Crippen LogP contribution in [0.5, 0.6) is 0 Å². The summed E-state index contributed by atoms with van der Waals surface area (Å²) in [6, 6.07) is 5.92. The van der Waals surface area contributed by atoms with E-state index in [4.69, 9.17) is 0 Å². The molecule has 0 radical (unpaired) electrons. The molecule has 2 rings (SSSR count). The Balaban J connectivity index is 1.87. The molecule has 1 unspecified atom stereocenters. The molecule has 2 amide bonds. The summed E-state index contributed by atoms with van der Waals surface area (Å²) in [4.78, 5) is 20.5. The van der Waals surface area contributed by atoms with Crippen molar-refractivity contribution in [1.82, 2.24) is 20.5 Å². The average molecular weight is 347 g/mol. The number of pyridine rings is 1. The number of amides is 2. The predicted octanol–water partition coefficient (Wildman–Crippen LogP) is 2.31. The van der Waals surface area contributed by atoms with Crippen molar-refractivity contribution in [3.8, 4) is 0 Å². The van der Waals surface area contributed by atoms with Crippen molar-refractivity contribution in [3.63, 3.8) is 0 Å². The molecule has 0 aliphatic carbocycles. The van der Waals surface area contributed by atoms with Crippen LogP contribution in [0.1, 0.15) is 17.2 Å². The Morgan fingerprint density at radius 3 is 2.67 bits per heavy atom. The van der Waals surface area contributed by atoms with Gasteiger partial charge in [-0.1, -0.05) is 6.07 Å². The lowest BCUT2D eigenvalue weighted by Crippen LogP contribution is -2.40. The van der Waals surface area contributed by atoms with E-state index in [1.165, 1.54) is 5.56 Å². The molecule has 0 aliphatic rings. The van der Waals surface area contributed by atoms with Crippen molar-refractivity contribution in [1.29, 1.82) is 0 Å². The van der Waals surface area contributed by atoms with Gasteiger partial charge in [0.1, 0.15) is 5.82 Å². The fraction of sp³-hybridized carbons (Fsp3) is 0.412. The maximum Gasteiger partial charge on any atom is 0.315 e. The van der Waals surface area contributed by atoms with Gasteiger partial charge in [-0.2, -0.15) is 11.3 Å². The second-order valence-corrected chi connectivity index (χ2v) is 6.76. The lowest BCUT2D eigenvalue weighted by Gasteiger charge is -2.24. The van der Waals surface area contributed by atoms with Crippen LogP contribution in [0.3, 0.4) is 0 Å². The number of nitrogens with zero attached hydrogens (tertiary/aromatic N) is 3. The van der Waals surface area contributed by atoms with Gasteiger partial charge in [0.15, 0.2) is 0 Å². The van der Waals surface area contributed by atoms with Crippen LogP contribution in [0, 0.1) is 0 Å². The van der Waals surface area contributed by atoms with Crippen LogP contribution in [0.25, 0.3) is 0 Å². The highest BCUT2D eigenvalue weighted by Gasteiger charge is 2.15. The largest absolute Gasteiger partial charge is 0.362 e. The van der Waals surface area contributed by atoms with Crippen LogP contribution in [0.4, 0.5) is 10.6 Å². The zero-order valence-electron chi connectivity index (χ0n) is 14.6. The fourth-order valence-electron chi connectivity index (χ4n) is 2.46. The van der Waals surface area contributed by atoms with Gasteiger partial charge in [-0.15, -0.1) is 0 Å². The molecule has 24 heavy (non-hydrogen) atoms. The summed E-state index contributed by atoms with van der Waals surface area (Å²) in [7, 11) is 7.91. The highest BCUT2D eigenvalue weighted by molar-refractivity contribution is 7.07. The van der Waals surface area contributed by atoms with Crippen molar-refractivity contribution >= 4 is 23.2 Å². The Kier molecular flexibility index (Phi) is 6.57. The molecule has 0 saturated heterocycles. The maximum atomic E-state index is 12.1. The van der Waals surface area contributed by atoms with Gasteiger partial charge in [0.05, 0.1) is 6.04 Å². The summed E-state index contributed by atoms with van der Waals surface area (Å²) >= 11 is 1.66. The number of hydrogen-bond donors (Lipinski definition) is 2. The first-order valence-electron chi connectivity index (χ1n) is 7.80. The number of rotatable bonds is 7.